The topological polar surface area (TPSA) is 48.0 Å². The highest BCUT2D eigenvalue weighted by molar-refractivity contribution is 7.94. The van der Waals surface area contributed by atoms with Crippen molar-refractivity contribution in [2.24, 2.45) is 0 Å². The van der Waals surface area contributed by atoms with Crippen molar-refractivity contribution in [2.75, 3.05) is 19.8 Å². The predicted octanol–water partition coefficient (Wildman–Crippen LogP) is 2.29. The Morgan fingerprint density at radius 3 is 2.06 bits per heavy atom. The standard InChI is InChI=1S/C9H19NO4S2/c1-3-5-12-8(13-6-4-2)7-14-9(11)10(15)16/h8,15-16H,3-7H2,1-2H3. The van der Waals surface area contributed by atoms with E-state index in [9.17, 15) is 4.79 Å². The average molecular weight is 269 g/mol. The molecule has 16 heavy (non-hydrogen) atoms. The summed E-state index contributed by atoms with van der Waals surface area (Å²) in [4.78, 5) is 11.0. The van der Waals surface area contributed by atoms with Gasteiger partial charge in [0.15, 0.2) is 6.29 Å². The fraction of sp³-hybridized carbons (Fsp3) is 0.889. The molecule has 0 saturated heterocycles. The van der Waals surface area contributed by atoms with Crippen LogP contribution in [0.4, 0.5) is 4.79 Å². The molecular formula is C9H19NO4S2. The lowest BCUT2D eigenvalue weighted by Crippen LogP contribution is -2.27. The first-order valence-electron chi connectivity index (χ1n) is 5.19. The van der Waals surface area contributed by atoms with Crippen LogP contribution in [0, 0.1) is 0 Å². The average Bonchev–Trinajstić information content (AvgIpc) is 2.27. The van der Waals surface area contributed by atoms with E-state index in [1.54, 1.807) is 0 Å². The molecule has 0 N–H and O–H groups in total. The van der Waals surface area contributed by atoms with Crippen molar-refractivity contribution in [3.63, 3.8) is 0 Å². The molecule has 0 aromatic heterocycles. The molecule has 96 valence electrons. The molecule has 0 aromatic carbocycles. The lowest BCUT2D eigenvalue weighted by Gasteiger charge is -2.18. The number of rotatable bonds is 8. The maximum Gasteiger partial charge on any atom is 0.430 e. The first-order valence-corrected chi connectivity index (χ1v) is 5.99. The minimum absolute atomic E-state index is 0.0381. The van der Waals surface area contributed by atoms with E-state index in [1.165, 1.54) is 0 Å². The molecule has 0 atom stereocenters. The Bertz CT molecular complexity index is 184. The zero-order chi connectivity index (χ0) is 12.4. The second-order valence-corrected chi connectivity index (χ2v) is 4.15. The van der Waals surface area contributed by atoms with Gasteiger partial charge in [-0.05, 0) is 38.5 Å². The number of ether oxygens (including phenoxy) is 3. The molecule has 0 radical (unpaired) electrons. The summed E-state index contributed by atoms with van der Waals surface area (Å²) < 4.78 is 16.3. The van der Waals surface area contributed by atoms with E-state index in [1.807, 2.05) is 13.8 Å². The Hall–Kier alpha value is -0.110. The van der Waals surface area contributed by atoms with Crippen LogP contribution in [-0.2, 0) is 14.2 Å². The Morgan fingerprint density at radius 1 is 1.19 bits per heavy atom. The van der Waals surface area contributed by atoms with Crippen LogP contribution in [0.1, 0.15) is 26.7 Å². The molecule has 0 heterocycles. The van der Waals surface area contributed by atoms with Gasteiger partial charge in [0.05, 0.1) is 0 Å². The molecule has 0 aliphatic carbocycles. The second-order valence-electron chi connectivity index (χ2n) is 3.04. The normalized spacial score (nSPS) is 10.6. The minimum Gasteiger partial charge on any atom is -0.443 e. The van der Waals surface area contributed by atoms with Crippen molar-refractivity contribution in [3.05, 3.63) is 0 Å². The molecule has 0 aliphatic rings. The largest absolute Gasteiger partial charge is 0.443 e. The fourth-order valence-corrected chi connectivity index (χ4v) is 0.955. The number of amides is 1. The van der Waals surface area contributed by atoms with Gasteiger partial charge in [0.25, 0.3) is 0 Å². The summed E-state index contributed by atoms with van der Waals surface area (Å²) in [6, 6.07) is 0. The van der Waals surface area contributed by atoms with E-state index in [-0.39, 0.29) is 6.61 Å². The van der Waals surface area contributed by atoms with Gasteiger partial charge in [-0.3, -0.25) is 0 Å². The molecule has 0 aromatic rings. The lowest BCUT2D eigenvalue weighted by atomic mass is 10.5. The first kappa shape index (κ1) is 15.9. The monoisotopic (exact) mass is 269 g/mol. The van der Waals surface area contributed by atoms with E-state index < -0.39 is 12.4 Å². The smallest absolute Gasteiger partial charge is 0.430 e. The van der Waals surface area contributed by atoms with Crippen LogP contribution in [0.25, 0.3) is 0 Å². The summed E-state index contributed by atoms with van der Waals surface area (Å²) in [5, 5.41) is 0. The number of hydrogen-bond acceptors (Lipinski definition) is 6. The zero-order valence-electron chi connectivity index (χ0n) is 9.59. The van der Waals surface area contributed by atoms with E-state index in [4.69, 9.17) is 14.2 Å². The van der Waals surface area contributed by atoms with Gasteiger partial charge in [0.1, 0.15) is 6.61 Å². The van der Waals surface area contributed by atoms with Gasteiger partial charge in [-0.1, -0.05) is 13.8 Å². The Balaban J connectivity index is 3.85. The summed E-state index contributed by atoms with van der Waals surface area (Å²) in [6.07, 6.45) is 0.582. The van der Waals surface area contributed by atoms with Crippen LogP contribution in [0.2, 0.25) is 0 Å². The van der Waals surface area contributed by atoms with Gasteiger partial charge in [-0.25, -0.2) is 4.79 Å². The Kier molecular flexibility index (Phi) is 10.0. The van der Waals surface area contributed by atoms with Crippen LogP contribution in [0.15, 0.2) is 0 Å². The number of hydrogen-bond donors (Lipinski definition) is 2. The molecule has 0 saturated carbocycles. The van der Waals surface area contributed by atoms with Crippen LogP contribution in [-0.4, -0.2) is 35.9 Å². The van der Waals surface area contributed by atoms with E-state index >= 15 is 0 Å². The van der Waals surface area contributed by atoms with E-state index in [0.717, 1.165) is 16.6 Å². The second kappa shape index (κ2) is 10.1. The molecule has 1 amide bonds. The third-order valence-electron chi connectivity index (χ3n) is 1.52. The predicted molar refractivity (Wildman–Crippen MR) is 67.4 cm³/mol. The molecule has 0 fully saturated rings. The summed E-state index contributed by atoms with van der Waals surface area (Å²) in [5.74, 6) is 0. The quantitative estimate of drug-likeness (QED) is 0.524. The van der Waals surface area contributed by atoms with Crippen molar-refractivity contribution in [1.29, 1.82) is 0 Å². The maximum absolute atomic E-state index is 11.0. The molecule has 0 aliphatic heterocycles. The lowest BCUT2D eigenvalue weighted by molar-refractivity contribution is -0.162. The van der Waals surface area contributed by atoms with Gasteiger partial charge >= 0.3 is 6.09 Å². The highest BCUT2D eigenvalue weighted by Crippen LogP contribution is 2.04. The molecule has 0 spiro atoms. The van der Waals surface area contributed by atoms with E-state index in [2.05, 4.69) is 25.6 Å². The highest BCUT2D eigenvalue weighted by atomic mass is 32.2. The van der Waals surface area contributed by atoms with Gasteiger partial charge in [-0.15, -0.1) is 0 Å². The van der Waals surface area contributed by atoms with Crippen molar-refractivity contribution < 1.29 is 19.0 Å². The molecular weight excluding hydrogens is 250 g/mol. The SMILES string of the molecule is CCCOC(COC(=O)N(S)S)OCCC. The van der Waals surface area contributed by atoms with Crippen molar-refractivity contribution >= 4 is 31.7 Å². The third kappa shape index (κ3) is 8.09. The maximum atomic E-state index is 11.0. The number of carbonyl (C=O) groups excluding carboxylic acids is 1. The molecule has 0 bridgehead atoms. The van der Waals surface area contributed by atoms with Crippen molar-refractivity contribution in [2.45, 2.75) is 33.0 Å². The van der Waals surface area contributed by atoms with Crippen LogP contribution in [0.5, 0.6) is 0 Å². The minimum atomic E-state index is -0.656. The van der Waals surface area contributed by atoms with Gasteiger partial charge in [0, 0.05) is 13.2 Å². The van der Waals surface area contributed by atoms with Crippen LogP contribution in [0.3, 0.4) is 0 Å². The summed E-state index contributed by atoms with van der Waals surface area (Å²) in [6.45, 7) is 5.16. The zero-order valence-corrected chi connectivity index (χ0v) is 11.4. The third-order valence-corrected chi connectivity index (χ3v) is 1.85. The van der Waals surface area contributed by atoms with Gasteiger partial charge in [-0.2, -0.15) is 3.71 Å². The number of thiol groups is 2. The van der Waals surface area contributed by atoms with Crippen LogP contribution < -0.4 is 0 Å². The Morgan fingerprint density at radius 2 is 1.69 bits per heavy atom. The Labute approximate surface area is 108 Å². The molecule has 7 heteroatoms. The molecule has 5 nitrogen and oxygen atoms in total. The fourth-order valence-electron chi connectivity index (χ4n) is 0.840. The molecule has 0 unspecified atom stereocenters. The molecule has 0 rings (SSSR count). The van der Waals surface area contributed by atoms with E-state index in [0.29, 0.717) is 13.2 Å². The summed E-state index contributed by atoms with van der Waals surface area (Å²) >= 11 is 7.36. The van der Waals surface area contributed by atoms with Crippen LogP contribution >= 0.6 is 25.6 Å². The van der Waals surface area contributed by atoms with Crippen molar-refractivity contribution in [3.8, 4) is 0 Å². The van der Waals surface area contributed by atoms with Gasteiger partial charge in [0.2, 0.25) is 0 Å². The number of carbonyl (C=O) groups is 1. The van der Waals surface area contributed by atoms with Crippen molar-refractivity contribution in [1.82, 2.24) is 3.71 Å². The first-order chi connectivity index (χ1) is 7.61. The number of nitrogens with zero attached hydrogens (tertiary/aromatic N) is 1. The summed E-state index contributed by atoms with van der Waals surface area (Å²) in [7, 11) is 0. The summed E-state index contributed by atoms with van der Waals surface area (Å²) in [5.41, 5.74) is 0. The highest BCUT2D eigenvalue weighted by Gasteiger charge is 2.14. The van der Waals surface area contributed by atoms with Gasteiger partial charge < -0.3 is 14.2 Å².